The molecule has 12 heavy (non-hydrogen) atoms. The van der Waals surface area contributed by atoms with E-state index in [9.17, 15) is 4.79 Å². The van der Waals surface area contributed by atoms with Gasteiger partial charge in [-0.25, -0.2) is 0 Å². The molecule has 2 heteroatoms. The summed E-state index contributed by atoms with van der Waals surface area (Å²) in [6.45, 7) is 4.45. The quantitative estimate of drug-likeness (QED) is 0.509. The number of rotatable bonds is 0. The maximum Gasteiger partial charge on any atom is 0.309 e. The number of carbonyl (C=O) groups is 1. The van der Waals surface area contributed by atoms with Crippen LogP contribution in [0.3, 0.4) is 0 Å². The molecule has 1 heterocycles. The summed E-state index contributed by atoms with van der Waals surface area (Å²) in [6.07, 6.45) is 1.52. The van der Waals surface area contributed by atoms with Gasteiger partial charge in [0.05, 0.1) is 5.92 Å². The second-order valence-electron chi connectivity index (χ2n) is 4.71. The third-order valence-corrected chi connectivity index (χ3v) is 4.39. The molecule has 66 valence electrons. The second-order valence-corrected chi connectivity index (χ2v) is 4.71. The molecule has 3 aliphatic rings. The molecule has 0 aromatic rings. The molecule has 0 N–H and O–H groups in total. The molecule has 2 nitrogen and oxygen atoms in total. The second kappa shape index (κ2) is 1.86. The van der Waals surface area contributed by atoms with Crippen molar-refractivity contribution < 1.29 is 9.53 Å². The Balaban J connectivity index is 2.06. The summed E-state index contributed by atoms with van der Waals surface area (Å²) in [5.74, 6) is 2.88. The lowest BCUT2D eigenvalue weighted by Crippen LogP contribution is -2.30. The first-order valence-electron chi connectivity index (χ1n) is 4.90. The zero-order valence-corrected chi connectivity index (χ0v) is 7.49. The summed E-state index contributed by atoms with van der Waals surface area (Å²) in [6, 6.07) is 0. The highest BCUT2D eigenvalue weighted by molar-refractivity contribution is 5.77. The number of hydrogen-bond acceptors (Lipinski definition) is 2. The van der Waals surface area contributed by atoms with Gasteiger partial charge < -0.3 is 4.74 Å². The molecule has 2 bridgehead atoms. The Morgan fingerprint density at radius 3 is 2.67 bits per heavy atom. The Kier molecular flexibility index (Phi) is 1.07. The van der Waals surface area contributed by atoms with E-state index < -0.39 is 0 Å². The van der Waals surface area contributed by atoms with Crippen LogP contribution in [-0.2, 0) is 9.53 Å². The van der Waals surface area contributed by atoms with Crippen LogP contribution < -0.4 is 0 Å². The zero-order valence-electron chi connectivity index (χ0n) is 7.49. The minimum Gasteiger partial charge on any atom is -0.462 e. The smallest absolute Gasteiger partial charge is 0.309 e. The molecule has 0 aromatic heterocycles. The first-order chi connectivity index (χ1) is 5.70. The fourth-order valence-corrected chi connectivity index (χ4v) is 3.79. The first-order valence-corrected chi connectivity index (χ1v) is 4.90. The van der Waals surface area contributed by atoms with Crippen molar-refractivity contribution in [2.24, 2.45) is 29.6 Å². The minimum atomic E-state index is 0.0874. The molecule has 6 atom stereocenters. The summed E-state index contributed by atoms with van der Waals surface area (Å²) in [4.78, 5) is 11.4. The lowest BCUT2D eigenvalue weighted by molar-refractivity contribution is -0.144. The van der Waals surface area contributed by atoms with E-state index in [1.54, 1.807) is 0 Å². The third-order valence-electron chi connectivity index (χ3n) is 4.39. The SMILES string of the molecule is CC1C2OC(=O)C3C2CC1[C@@H]3C. The van der Waals surface area contributed by atoms with Crippen molar-refractivity contribution in [1.29, 1.82) is 0 Å². The molecule has 3 fully saturated rings. The van der Waals surface area contributed by atoms with Crippen molar-refractivity contribution in [3.8, 4) is 0 Å². The van der Waals surface area contributed by atoms with Crippen molar-refractivity contribution in [2.75, 3.05) is 0 Å². The van der Waals surface area contributed by atoms with Crippen molar-refractivity contribution in [2.45, 2.75) is 26.4 Å². The molecule has 2 saturated carbocycles. The van der Waals surface area contributed by atoms with Crippen molar-refractivity contribution in [3.05, 3.63) is 0 Å². The van der Waals surface area contributed by atoms with E-state index in [1.807, 2.05) is 0 Å². The minimum absolute atomic E-state index is 0.0874. The van der Waals surface area contributed by atoms with E-state index in [-0.39, 0.29) is 18.0 Å². The maximum absolute atomic E-state index is 11.4. The lowest BCUT2D eigenvalue weighted by atomic mass is 9.76. The van der Waals surface area contributed by atoms with E-state index in [2.05, 4.69) is 13.8 Å². The Morgan fingerprint density at radius 1 is 1.25 bits per heavy atom. The molecular weight excluding hydrogens is 152 g/mol. The molecule has 0 spiro atoms. The van der Waals surface area contributed by atoms with E-state index in [4.69, 9.17) is 4.74 Å². The number of esters is 1. The van der Waals surface area contributed by atoms with Crippen LogP contribution >= 0.6 is 0 Å². The standard InChI is InChI=1S/C10H14O2/c1-4-6-3-7-8(4)10(11)12-9(7)5(6)2/h4-9H,3H2,1-2H3/t4-,5?,6?,7?,8?,9?/m0/s1. The molecular formula is C10H14O2. The van der Waals surface area contributed by atoms with Gasteiger partial charge in [-0.3, -0.25) is 4.79 Å². The molecule has 0 amide bonds. The number of hydrogen-bond donors (Lipinski definition) is 0. The number of ether oxygens (including phenoxy) is 1. The van der Waals surface area contributed by atoms with Gasteiger partial charge >= 0.3 is 5.97 Å². The van der Waals surface area contributed by atoms with E-state index >= 15 is 0 Å². The molecule has 2 aliphatic carbocycles. The highest BCUT2D eigenvalue weighted by atomic mass is 16.6. The lowest BCUT2D eigenvalue weighted by Gasteiger charge is -2.26. The maximum atomic E-state index is 11.4. The van der Waals surface area contributed by atoms with Crippen LogP contribution in [-0.4, -0.2) is 12.1 Å². The van der Waals surface area contributed by atoms with E-state index in [0.29, 0.717) is 17.8 Å². The summed E-state index contributed by atoms with van der Waals surface area (Å²) < 4.78 is 5.38. The van der Waals surface area contributed by atoms with Gasteiger partial charge in [-0.1, -0.05) is 13.8 Å². The molecule has 1 saturated heterocycles. The molecule has 0 radical (unpaired) electrons. The van der Waals surface area contributed by atoms with Gasteiger partial charge in [0.25, 0.3) is 0 Å². The van der Waals surface area contributed by atoms with E-state index in [1.165, 1.54) is 6.42 Å². The summed E-state index contributed by atoms with van der Waals surface area (Å²) >= 11 is 0. The fourth-order valence-electron chi connectivity index (χ4n) is 3.79. The van der Waals surface area contributed by atoms with Gasteiger partial charge in [-0.2, -0.15) is 0 Å². The first kappa shape index (κ1) is 6.93. The monoisotopic (exact) mass is 166 g/mol. The van der Waals surface area contributed by atoms with Crippen molar-refractivity contribution in [3.63, 3.8) is 0 Å². The Morgan fingerprint density at radius 2 is 2.00 bits per heavy atom. The molecule has 0 aromatic carbocycles. The normalized spacial score (nSPS) is 61.0. The zero-order chi connectivity index (χ0) is 8.46. The van der Waals surface area contributed by atoms with Crippen LogP contribution in [0.1, 0.15) is 20.3 Å². The van der Waals surface area contributed by atoms with Gasteiger partial charge in [0.1, 0.15) is 6.10 Å². The Bertz CT molecular complexity index is 248. The third kappa shape index (κ3) is 0.540. The van der Waals surface area contributed by atoms with Crippen LogP contribution in [0.25, 0.3) is 0 Å². The Hall–Kier alpha value is -0.530. The highest BCUT2D eigenvalue weighted by Gasteiger charge is 2.63. The summed E-state index contributed by atoms with van der Waals surface area (Å²) in [7, 11) is 0. The van der Waals surface area contributed by atoms with Gasteiger partial charge in [0.15, 0.2) is 0 Å². The van der Waals surface area contributed by atoms with Crippen LogP contribution in [0.2, 0.25) is 0 Å². The molecule has 1 aliphatic heterocycles. The largest absolute Gasteiger partial charge is 0.462 e. The van der Waals surface area contributed by atoms with Crippen LogP contribution in [0.15, 0.2) is 0 Å². The van der Waals surface area contributed by atoms with Gasteiger partial charge in [-0.05, 0) is 24.2 Å². The predicted molar refractivity (Wildman–Crippen MR) is 43.3 cm³/mol. The van der Waals surface area contributed by atoms with Crippen molar-refractivity contribution in [1.82, 2.24) is 0 Å². The fraction of sp³-hybridized carbons (Fsp3) is 0.900. The summed E-state index contributed by atoms with van der Waals surface area (Å²) in [5, 5.41) is 0. The van der Waals surface area contributed by atoms with Gasteiger partial charge in [0.2, 0.25) is 0 Å². The Labute approximate surface area is 72.3 Å². The predicted octanol–water partition coefficient (Wildman–Crippen LogP) is 1.45. The molecule has 3 rings (SSSR count). The average molecular weight is 166 g/mol. The van der Waals surface area contributed by atoms with Crippen LogP contribution in [0.5, 0.6) is 0 Å². The van der Waals surface area contributed by atoms with Gasteiger partial charge in [0, 0.05) is 5.92 Å². The average Bonchev–Trinajstić information content (AvgIpc) is 2.56. The van der Waals surface area contributed by atoms with Crippen molar-refractivity contribution >= 4 is 5.97 Å². The number of fused-ring (bicyclic) bond motifs is 1. The van der Waals surface area contributed by atoms with Gasteiger partial charge in [-0.15, -0.1) is 0 Å². The highest BCUT2D eigenvalue weighted by Crippen LogP contribution is 2.59. The topological polar surface area (TPSA) is 26.3 Å². The van der Waals surface area contributed by atoms with E-state index in [0.717, 1.165) is 5.92 Å². The number of carbonyl (C=O) groups excluding carboxylic acids is 1. The molecule has 5 unspecified atom stereocenters. The summed E-state index contributed by atoms with van der Waals surface area (Å²) in [5.41, 5.74) is 0. The van der Waals surface area contributed by atoms with Crippen LogP contribution in [0, 0.1) is 29.6 Å². The van der Waals surface area contributed by atoms with Crippen LogP contribution in [0.4, 0.5) is 0 Å².